The van der Waals surface area contributed by atoms with Crippen molar-refractivity contribution >= 4 is 27.5 Å². The zero-order valence-corrected chi connectivity index (χ0v) is 13.6. The normalized spacial score (nSPS) is 22.3. The van der Waals surface area contributed by atoms with Crippen molar-refractivity contribution in [2.75, 3.05) is 0 Å². The van der Waals surface area contributed by atoms with Gasteiger partial charge in [0.1, 0.15) is 0 Å². The third-order valence-electron chi connectivity index (χ3n) is 3.90. The molecule has 0 saturated heterocycles. The predicted molar refractivity (Wildman–Crippen MR) is 81.8 cm³/mol. The average Bonchev–Trinajstić information content (AvgIpc) is 2.76. The Morgan fingerprint density at radius 3 is 2.57 bits per heavy atom. The average molecular weight is 331 g/mol. The molecular weight excluding hydrogens is 312 g/mol. The Hall–Kier alpha value is -1.11. The number of nitrogens with one attached hydrogen (secondary N) is 1. The van der Waals surface area contributed by atoms with E-state index in [2.05, 4.69) is 12.2 Å². The van der Waals surface area contributed by atoms with Gasteiger partial charge in [0.2, 0.25) is 10.0 Å². The van der Waals surface area contributed by atoms with E-state index >= 15 is 0 Å². The second kappa shape index (κ2) is 5.94. The van der Waals surface area contributed by atoms with E-state index in [-0.39, 0.29) is 27.4 Å². The van der Waals surface area contributed by atoms with Gasteiger partial charge < -0.3 is 5.32 Å². The highest BCUT2D eigenvalue weighted by atomic mass is 35.5. The maximum atomic E-state index is 12.2. The van der Waals surface area contributed by atoms with Crippen LogP contribution in [0.15, 0.2) is 17.0 Å². The van der Waals surface area contributed by atoms with Crippen molar-refractivity contribution < 1.29 is 13.2 Å². The van der Waals surface area contributed by atoms with Crippen LogP contribution in [0.4, 0.5) is 0 Å². The van der Waals surface area contributed by atoms with Crippen LogP contribution >= 0.6 is 11.6 Å². The number of halogens is 1. The molecule has 116 valence electrons. The second-order valence-corrected chi connectivity index (χ2v) is 7.65. The minimum atomic E-state index is -3.91. The van der Waals surface area contributed by atoms with Crippen LogP contribution in [-0.4, -0.2) is 20.4 Å². The number of carbonyl (C=O) groups is 1. The standard InChI is InChI=1S/C14H19ClN2O3S/c1-8-3-4-11(5-8)17-14(18)10-6-12(15)9(2)13(7-10)21(16,19)20/h6-8,11H,3-5H2,1-2H3,(H,17,18)(H2,16,19,20). The molecule has 2 rings (SSSR count). The van der Waals surface area contributed by atoms with Crippen LogP contribution in [-0.2, 0) is 10.0 Å². The number of amides is 1. The minimum Gasteiger partial charge on any atom is -0.349 e. The first-order valence-corrected chi connectivity index (χ1v) is 8.74. The van der Waals surface area contributed by atoms with Crippen molar-refractivity contribution in [3.63, 3.8) is 0 Å². The highest BCUT2D eigenvalue weighted by Crippen LogP contribution is 2.27. The topological polar surface area (TPSA) is 89.3 Å². The monoisotopic (exact) mass is 330 g/mol. The quantitative estimate of drug-likeness (QED) is 0.890. The van der Waals surface area contributed by atoms with Gasteiger partial charge in [0.15, 0.2) is 0 Å². The smallest absolute Gasteiger partial charge is 0.251 e. The van der Waals surface area contributed by atoms with Crippen LogP contribution in [0.25, 0.3) is 0 Å². The molecule has 3 N–H and O–H groups in total. The van der Waals surface area contributed by atoms with Crippen molar-refractivity contribution in [2.45, 2.75) is 44.0 Å². The lowest BCUT2D eigenvalue weighted by molar-refractivity contribution is 0.0937. The van der Waals surface area contributed by atoms with Gasteiger partial charge >= 0.3 is 0 Å². The summed E-state index contributed by atoms with van der Waals surface area (Å²) in [4.78, 5) is 12.1. The molecular formula is C14H19ClN2O3S. The Bertz CT molecular complexity index is 673. The molecule has 1 aromatic rings. The number of nitrogens with two attached hydrogens (primary N) is 1. The number of hydrogen-bond donors (Lipinski definition) is 2. The number of primary sulfonamides is 1. The largest absolute Gasteiger partial charge is 0.349 e. The molecule has 0 aliphatic heterocycles. The zero-order valence-electron chi connectivity index (χ0n) is 12.0. The van der Waals surface area contributed by atoms with Gasteiger partial charge in [-0.25, -0.2) is 13.6 Å². The van der Waals surface area contributed by atoms with E-state index in [1.165, 1.54) is 12.1 Å². The molecule has 0 bridgehead atoms. The molecule has 1 aliphatic carbocycles. The van der Waals surface area contributed by atoms with Gasteiger partial charge in [-0.15, -0.1) is 0 Å². The third kappa shape index (κ3) is 3.75. The maximum absolute atomic E-state index is 12.2. The summed E-state index contributed by atoms with van der Waals surface area (Å²) in [5.41, 5.74) is 0.569. The molecule has 0 radical (unpaired) electrons. The molecule has 1 amide bonds. The molecule has 1 aliphatic rings. The van der Waals surface area contributed by atoms with E-state index in [0.717, 1.165) is 19.3 Å². The molecule has 5 nitrogen and oxygen atoms in total. The molecule has 2 atom stereocenters. The van der Waals surface area contributed by atoms with Gasteiger partial charge in [0.25, 0.3) is 5.91 Å². The van der Waals surface area contributed by atoms with Crippen molar-refractivity contribution in [2.24, 2.45) is 11.1 Å². The maximum Gasteiger partial charge on any atom is 0.251 e. The third-order valence-corrected chi connectivity index (χ3v) is 5.33. The van der Waals surface area contributed by atoms with Gasteiger partial charge in [-0.1, -0.05) is 18.5 Å². The van der Waals surface area contributed by atoms with Gasteiger partial charge in [0, 0.05) is 16.6 Å². The van der Waals surface area contributed by atoms with Crippen LogP contribution in [0.1, 0.15) is 42.1 Å². The Morgan fingerprint density at radius 1 is 1.38 bits per heavy atom. The summed E-state index contributed by atoms with van der Waals surface area (Å²) in [7, 11) is -3.91. The van der Waals surface area contributed by atoms with Gasteiger partial charge in [-0.2, -0.15) is 0 Å². The second-order valence-electron chi connectivity index (χ2n) is 5.71. The Kier molecular flexibility index (Phi) is 4.60. The fourth-order valence-electron chi connectivity index (χ4n) is 2.69. The van der Waals surface area contributed by atoms with Crippen molar-refractivity contribution in [1.82, 2.24) is 5.32 Å². The Labute approximate surface area is 129 Å². The molecule has 0 spiro atoms. The summed E-state index contributed by atoms with van der Waals surface area (Å²) in [6.45, 7) is 3.70. The highest BCUT2D eigenvalue weighted by molar-refractivity contribution is 7.89. The van der Waals surface area contributed by atoms with E-state index in [9.17, 15) is 13.2 Å². The first kappa shape index (κ1) is 16.3. The Balaban J connectivity index is 2.28. The summed E-state index contributed by atoms with van der Waals surface area (Å²) >= 11 is 6.01. The molecule has 7 heteroatoms. The van der Waals surface area contributed by atoms with Crippen LogP contribution in [0.2, 0.25) is 5.02 Å². The van der Waals surface area contributed by atoms with E-state index in [1.807, 2.05) is 0 Å². The van der Waals surface area contributed by atoms with Gasteiger partial charge in [-0.05, 0) is 49.8 Å². The molecule has 2 unspecified atom stereocenters. The Morgan fingerprint density at radius 2 is 2.05 bits per heavy atom. The zero-order chi connectivity index (χ0) is 15.8. The van der Waals surface area contributed by atoms with Gasteiger partial charge in [-0.3, -0.25) is 4.79 Å². The predicted octanol–water partition coefficient (Wildman–Crippen LogP) is 2.21. The molecule has 0 heterocycles. The summed E-state index contributed by atoms with van der Waals surface area (Å²) in [6.07, 6.45) is 2.96. The fourth-order valence-corrected chi connectivity index (χ4v) is 3.79. The van der Waals surface area contributed by atoms with E-state index in [0.29, 0.717) is 11.5 Å². The lowest BCUT2D eigenvalue weighted by atomic mass is 10.1. The summed E-state index contributed by atoms with van der Waals surface area (Å²) in [5.74, 6) is 0.276. The van der Waals surface area contributed by atoms with Gasteiger partial charge in [0.05, 0.1) is 4.90 Å². The van der Waals surface area contributed by atoms with Crippen LogP contribution in [0.5, 0.6) is 0 Å². The van der Waals surface area contributed by atoms with E-state index in [1.54, 1.807) is 6.92 Å². The molecule has 1 aromatic carbocycles. The highest BCUT2D eigenvalue weighted by Gasteiger charge is 2.24. The SMILES string of the molecule is Cc1c(Cl)cc(C(=O)NC2CCC(C)C2)cc1S(N)(=O)=O. The van der Waals surface area contributed by atoms with E-state index in [4.69, 9.17) is 16.7 Å². The van der Waals surface area contributed by atoms with Crippen LogP contribution < -0.4 is 10.5 Å². The lowest BCUT2D eigenvalue weighted by Crippen LogP contribution is -2.33. The van der Waals surface area contributed by atoms with Crippen LogP contribution in [0, 0.1) is 12.8 Å². The molecule has 1 fully saturated rings. The fraction of sp³-hybridized carbons (Fsp3) is 0.500. The lowest BCUT2D eigenvalue weighted by Gasteiger charge is -2.14. The number of sulfonamides is 1. The minimum absolute atomic E-state index is 0.111. The molecule has 21 heavy (non-hydrogen) atoms. The first-order chi connectivity index (χ1) is 9.68. The van der Waals surface area contributed by atoms with Crippen molar-refractivity contribution in [3.05, 3.63) is 28.3 Å². The number of carbonyl (C=O) groups excluding carboxylic acids is 1. The molecule has 0 aromatic heterocycles. The number of benzene rings is 1. The van der Waals surface area contributed by atoms with Crippen molar-refractivity contribution in [1.29, 1.82) is 0 Å². The van der Waals surface area contributed by atoms with Crippen molar-refractivity contribution in [3.8, 4) is 0 Å². The summed E-state index contributed by atoms with van der Waals surface area (Å²) in [5, 5.41) is 8.29. The number of hydrogen-bond acceptors (Lipinski definition) is 3. The van der Waals surface area contributed by atoms with E-state index < -0.39 is 10.0 Å². The van der Waals surface area contributed by atoms with Crippen LogP contribution in [0.3, 0.4) is 0 Å². The molecule has 1 saturated carbocycles. The summed E-state index contributed by atoms with van der Waals surface area (Å²) in [6, 6.07) is 2.88. The summed E-state index contributed by atoms with van der Waals surface area (Å²) < 4.78 is 23.1. The number of rotatable bonds is 3. The first-order valence-electron chi connectivity index (χ1n) is 6.82.